The highest BCUT2D eigenvalue weighted by Crippen LogP contribution is 2.74. The Labute approximate surface area is 330 Å². The summed E-state index contributed by atoms with van der Waals surface area (Å²) in [7, 11) is 0. The van der Waals surface area contributed by atoms with Gasteiger partial charge in [-0.3, -0.25) is 4.79 Å². The number of rotatable bonds is 12. The summed E-state index contributed by atoms with van der Waals surface area (Å²) in [5.74, 6) is 1.43. The van der Waals surface area contributed by atoms with Gasteiger partial charge in [0.2, 0.25) is 0 Å². The molecule has 0 aromatic carbocycles. The molecule has 56 heavy (non-hydrogen) atoms. The number of carbonyl (C=O) groups excluding carboxylic acids is 1. The van der Waals surface area contributed by atoms with Gasteiger partial charge in [-0.25, -0.2) is 0 Å². The molecule has 0 amide bonds. The summed E-state index contributed by atoms with van der Waals surface area (Å²) in [4.78, 5) is 14.5. The molecule has 3 saturated carbocycles. The van der Waals surface area contributed by atoms with E-state index in [1.54, 1.807) is 0 Å². The summed E-state index contributed by atoms with van der Waals surface area (Å²) in [6.45, 7) is 12.0. The van der Waals surface area contributed by atoms with Crippen LogP contribution in [0.25, 0.3) is 0 Å². The van der Waals surface area contributed by atoms with Crippen LogP contribution in [0.4, 0.5) is 0 Å². The third kappa shape index (κ3) is 7.30. The number of hydrogen-bond acceptors (Lipinski definition) is 14. The van der Waals surface area contributed by atoms with Gasteiger partial charge in [0.1, 0.15) is 54.6 Å². The van der Waals surface area contributed by atoms with Crippen molar-refractivity contribution in [2.45, 2.75) is 160 Å². The van der Waals surface area contributed by atoms with Gasteiger partial charge in [-0.15, -0.1) is 0 Å². The molecule has 18 atom stereocenters. The largest absolute Gasteiger partial charge is 0.394 e. The zero-order valence-corrected chi connectivity index (χ0v) is 33.9. The first kappa shape index (κ1) is 44.2. The van der Waals surface area contributed by atoms with Crippen LogP contribution in [0, 0.1) is 45.3 Å². The normalized spacial score (nSPS) is 48.4. The van der Waals surface area contributed by atoms with E-state index >= 15 is 0 Å². The minimum Gasteiger partial charge on any atom is -0.394 e. The molecule has 14 heteroatoms. The molecular weight excluding hydrogens is 728 g/mol. The summed E-state index contributed by atoms with van der Waals surface area (Å²) < 4.78 is 22.3. The highest BCUT2D eigenvalue weighted by molar-refractivity contribution is 5.88. The quantitative estimate of drug-likeness (QED) is 0.126. The van der Waals surface area contributed by atoms with Gasteiger partial charge in [-0.2, -0.15) is 0 Å². The van der Waals surface area contributed by atoms with Gasteiger partial charge in [0.05, 0.1) is 32.5 Å². The first-order chi connectivity index (χ1) is 26.3. The fourth-order valence-corrected chi connectivity index (χ4v) is 12.1. The predicted molar refractivity (Wildman–Crippen MR) is 201 cm³/mol. The lowest BCUT2D eigenvalue weighted by Crippen LogP contribution is -2.63. The fourth-order valence-electron chi connectivity index (χ4n) is 12.1. The minimum absolute atomic E-state index is 0.00648. The molecule has 0 radical (unpaired) electrons. The average molecular weight is 797 g/mol. The Morgan fingerprint density at radius 1 is 0.839 bits per heavy atom. The SMILES string of the molecule is CC(CCC=C(CO)COC1OC(COC2OC(CO)C(O)C(O)C2O)C(O)C(O)C1O)C1CCC2(C)C3CC=C4C(CCC(O)C4(C)C)C3(C)C(=O)CC12C. The third-order valence-electron chi connectivity index (χ3n) is 16.0. The van der Waals surface area contributed by atoms with Crippen molar-refractivity contribution in [1.29, 1.82) is 0 Å². The number of aliphatic hydroxyl groups is 9. The third-order valence-corrected chi connectivity index (χ3v) is 16.0. The van der Waals surface area contributed by atoms with Crippen molar-refractivity contribution in [2.75, 3.05) is 26.4 Å². The average Bonchev–Trinajstić information content (AvgIpc) is 3.43. The number of allylic oxidation sites excluding steroid dienone is 2. The van der Waals surface area contributed by atoms with E-state index in [1.807, 2.05) is 6.08 Å². The standard InChI is InChI=1S/C42H68O14/c1-21(23-14-15-40(4)28-12-10-24-25(11-13-29(45)39(24,2)3)42(28,6)30(46)16-41(23,40)5)8-7-9-22(17-43)19-53-37-36(52)34(50)32(48)27(56-37)20-54-38-35(51)33(49)31(47)26(18-44)55-38/h9-10,21,23,25-29,31-38,43-45,47-52H,7-8,11-20H2,1-6H3. The fraction of sp³-hybridized carbons (Fsp3) is 0.881. The molecule has 0 aromatic heterocycles. The molecule has 2 heterocycles. The van der Waals surface area contributed by atoms with E-state index in [9.17, 15) is 50.8 Å². The van der Waals surface area contributed by atoms with Crippen molar-refractivity contribution in [1.82, 2.24) is 0 Å². The second-order valence-electron chi connectivity index (χ2n) is 19.1. The first-order valence-electron chi connectivity index (χ1n) is 20.7. The van der Waals surface area contributed by atoms with Crippen molar-refractivity contribution in [3.8, 4) is 0 Å². The van der Waals surface area contributed by atoms with Gasteiger partial charge < -0.3 is 64.9 Å². The molecule has 6 rings (SSSR count). The molecule has 6 aliphatic rings. The lowest BCUT2D eigenvalue weighted by molar-refractivity contribution is -0.330. The Balaban J connectivity index is 1.05. The van der Waals surface area contributed by atoms with E-state index in [0.717, 1.165) is 38.5 Å². The molecule has 320 valence electrons. The maximum Gasteiger partial charge on any atom is 0.187 e. The Morgan fingerprint density at radius 3 is 2.11 bits per heavy atom. The molecule has 4 aliphatic carbocycles. The topological polar surface area (TPSA) is 236 Å². The molecule has 5 fully saturated rings. The molecule has 14 nitrogen and oxygen atoms in total. The number of fused-ring (bicyclic) bond motifs is 5. The maximum atomic E-state index is 14.5. The van der Waals surface area contributed by atoms with E-state index in [2.05, 4.69) is 47.6 Å². The first-order valence-corrected chi connectivity index (χ1v) is 20.7. The van der Waals surface area contributed by atoms with Crippen LogP contribution in [0.2, 0.25) is 0 Å². The smallest absolute Gasteiger partial charge is 0.187 e. The van der Waals surface area contributed by atoms with Gasteiger partial charge in [0, 0.05) is 17.3 Å². The van der Waals surface area contributed by atoms with Crippen molar-refractivity contribution < 1.29 is 69.7 Å². The van der Waals surface area contributed by atoms with Gasteiger partial charge in [-0.1, -0.05) is 59.3 Å². The van der Waals surface area contributed by atoms with E-state index in [0.29, 0.717) is 36.0 Å². The number of ketones is 1. The monoisotopic (exact) mass is 796 g/mol. The molecule has 2 aliphatic heterocycles. The Bertz CT molecular complexity index is 1470. The Kier molecular flexibility index (Phi) is 13.1. The lowest BCUT2D eigenvalue weighted by atomic mass is 9.38. The summed E-state index contributed by atoms with van der Waals surface area (Å²) >= 11 is 0. The van der Waals surface area contributed by atoms with Crippen LogP contribution < -0.4 is 0 Å². The molecule has 0 bridgehead atoms. The van der Waals surface area contributed by atoms with Gasteiger partial charge in [-0.05, 0) is 85.0 Å². The van der Waals surface area contributed by atoms with Crippen LogP contribution in [-0.2, 0) is 23.7 Å². The molecule has 2 saturated heterocycles. The van der Waals surface area contributed by atoms with Crippen LogP contribution in [0.3, 0.4) is 0 Å². The molecule has 9 N–H and O–H groups in total. The van der Waals surface area contributed by atoms with Crippen molar-refractivity contribution in [2.24, 2.45) is 45.3 Å². The highest BCUT2D eigenvalue weighted by Gasteiger charge is 2.70. The summed E-state index contributed by atoms with van der Waals surface area (Å²) in [6.07, 6.45) is -4.75. The van der Waals surface area contributed by atoms with Crippen LogP contribution in [-0.4, -0.2) is 146 Å². The molecular formula is C42H68O14. The second-order valence-corrected chi connectivity index (χ2v) is 19.1. The zero-order chi connectivity index (χ0) is 41.1. The lowest BCUT2D eigenvalue weighted by Gasteiger charge is -2.64. The van der Waals surface area contributed by atoms with Gasteiger partial charge in [0.15, 0.2) is 12.6 Å². The van der Waals surface area contributed by atoms with E-state index in [4.69, 9.17) is 18.9 Å². The van der Waals surface area contributed by atoms with Crippen LogP contribution >= 0.6 is 0 Å². The Morgan fingerprint density at radius 2 is 1.46 bits per heavy atom. The highest BCUT2D eigenvalue weighted by atomic mass is 16.7. The predicted octanol–water partition coefficient (Wildman–Crippen LogP) is 1.11. The van der Waals surface area contributed by atoms with Gasteiger partial charge in [0.25, 0.3) is 0 Å². The van der Waals surface area contributed by atoms with Gasteiger partial charge >= 0.3 is 0 Å². The number of hydrogen-bond donors (Lipinski definition) is 9. The summed E-state index contributed by atoms with van der Waals surface area (Å²) in [5, 5.41) is 92.6. The van der Waals surface area contributed by atoms with Crippen LogP contribution in [0.15, 0.2) is 23.3 Å². The number of carbonyl (C=O) groups is 1. The molecule has 18 unspecified atom stereocenters. The number of Topliss-reactive ketones (excluding diaryl/α,β-unsaturated/α-hetero) is 1. The number of ether oxygens (including phenoxy) is 4. The minimum atomic E-state index is -1.68. The summed E-state index contributed by atoms with van der Waals surface area (Å²) in [6, 6.07) is 0. The second kappa shape index (κ2) is 16.6. The maximum absolute atomic E-state index is 14.5. The van der Waals surface area contributed by atoms with E-state index in [-0.39, 0.29) is 41.3 Å². The van der Waals surface area contributed by atoms with Crippen molar-refractivity contribution >= 4 is 5.78 Å². The summed E-state index contributed by atoms with van der Waals surface area (Å²) in [5.41, 5.74) is 0.883. The van der Waals surface area contributed by atoms with Crippen molar-refractivity contribution in [3.63, 3.8) is 0 Å². The van der Waals surface area contributed by atoms with Crippen molar-refractivity contribution in [3.05, 3.63) is 23.3 Å². The van der Waals surface area contributed by atoms with E-state index in [1.165, 1.54) is 5.57 Å². The van der Waals surface area contributed by atoms with Crippen LogP contribution in [0.1, 0.15) is 92.9 Å². The molecule has 0 spiro atoms. The Hall–Kier alpha value is -1.37. The molecule has 0 aromatic rings. The zero-order valence-electron chi connectivity index (χ0n) is 33.9. The number of aliphatic hydroxyl groups excluding tert-OH is 9. The van der Waals surface area contributed by atoms with E-state index < -0.39 is 86.1 Å². The van der Waals surface area contributed by atoms with Crippen LogP contribution in [0.5, 0.6) is 0 Å².